The quantitative estimate of drug-likeness (QED) is 0.406. The third kappa shape index (κ3) is 4.25. The Bertz CT molecular complexity index is 929. The van der Waals surface area contributed by atoms with Crippen LogP contribution in [0.15, 0.2) is 66.1 Å². The number of anilines is 1. The smallest absolute Gasteiger partial charge is 0.271 e. The van der Waals surface area contributed by atoms with Gasteiger partial charge in [0.2, 0.25) is 11.1 Å². The van der Waals surface area contributed by atoms with Crippen LogP contribution >= 0.6 is 11.8 Å². The van der Waals surface area contributed by atoms with Gasteiger partial charge in [-0.3, -0.25) is 14.9 Å². The molecule has 0 radical (unpaired) electrons. The number of amides is 1. The van der Waals surface area contributed by atoms with Crippen LogP contribution in [0.1, 0.15) is 6.92 Å². The molecule has 0 aliphatic carbocycles. The van der Waals surface area contributed by atoms with Gasteiger partial charge in [0.1, 0.15) is 6.33 Å². The molecular weight excluding hydrogens is 354 g/mol. The predicted molar refractivity (Wildman–Crippen MR) is 98.4 cm³/mol. The average Bonchev–Trinajstić information content (AvgIpc) is 3.11. The summed E-state index contributed by atoms with van der Waals surface area (Å²) < 4.78 is 1.63. The normalized spacial score (nSPS) is 11.7. The molecule has 0 bridgehead atoms. The van der Waals surface area contributed by atoms with Crippen molar-refractivity contribution in [2.24, 2.45) is 0 Å². The maximum Gasteiger partial charge on any atom is 0.271 e. The first kappa shape index (κ1) is 17.6. The van der Waals surface area contributed by atoms with E-state index in [9.17, 15) is 14.9 Å². The third-order valence-corrected chi connectivity index (χ3v) is 4.43. The number of benzene rings is 2. The second kappa shape index (κ2) is 7.79. The Labute approximate surface area is 153 Å². The minimum absolute atomic E-state index is 0.0774. The Kier molecular flexibility index (Phi) is 5.28. The molecule has 132 valence electrons. The second-order valence-corrected chi connectivity index (χ2v) is 6.67. The zero-order chi connectivity index (χ0) is 18.5. The molecule has 0 aliphatic heterocycles. The highest BCUT2D eigenvalue weighted by atomic mass is 32.2. The minimum atomic E-state index is -0.506. The minimum Gasteiger partial charge on any atom is -0.325 e. The second-order valence-electron chi connectivity index (χ2n) is 5.36. The van der Waals surface area contributed by atoms with E-state index in [1.807, 2.05) is 30.3 Å². The van der Waals surface area contributed by atoms with Gasteiger partial charge in [-0.25, -0.2) is 9.67 Å². The van der Waals surface area contributed by atoms with Crippen LogP contribution in [-0.2, 0) is 4.79 Å². The topological polar surface area (TPSA) is 103 Å². The first-order valence-corrected chi connectivity index (χ1v) is 8.60. The lowest BCUT2D eigenvalue weighted by atomic mass is 10.2. The fourth-order valence-electron chi connectivity index (χ4n) is 2.16. The molecule has 3 rings (SSSR count). The highest BCUT2D eigenvalue weighted by Crippen LogP contribution is 2.22. The van der Waals surface area contributed by atoms with E-state index in [0.717, 1.165) is 5.69 Å². The molecule has 0 saturated heterocycles. The van der Waals surface area contributed by atoms with Crippen molar-refractivity contribution >= 4 is 29.0 Å². The number of nitro groups is 1. The SMILES string of the molecule is CC(Sc1ncn(-c2ccccc2)n1)C(=O)Nc1cccc([N+](=O)[O-])c1. The highest BCUT2D eigenvalue weighted by Gasteiger charge is 2.18. The van der Waals surface area contributed by atoms with Crippen molar-refractivity contribution in [1.29, 1.82) is 0 Å². The van der Waals surface area contributed by atoms with Crippen molar-refractivity contribution in [3.63, 3.8) is 0 Å². The first-order valence-electron chi connectivity index (χ1n) is 7.72. The van der Waals surface area contributed by atoms with Crippen LogP contribution in [0, 0.1) is 10.1 Å². The Morgan fingerprint density at radius 1 is 1.23 bits per heavy atom. The summed E-state index contributed by atoms with van der Waals surface area (Å²) in [7, 11) is 0. The van der Waals surface area contributed by atoms with Gasteiger partial charge in [-0.2, -0.15) is 0 Å². The summed E-state index contributed by atoms with van der Waals surface area (Å²) in [5, 5.41) is 17.8. The number of aromatic nitrogens is 3. The van der Waals surface area contributed by atoms with Gasteiger partial charge in [-0.1, -0.05) is 36.0 Å². The van der Waals surface area contributed by atoms with Crippen molar-refractivity contribution in [3.8, 4) is 5.69 Å². The van der Waals surface area contributed by atoms with Crippen LogP contribution < -0.4 is 5.32 Å². The summed E-state index contributed by atoms with van der Waals surface area (Å²) in [4.78, 5) is 26.8. The number of non-ortho nitro benzene ring substituents is 1. The molecule has 1 N–H and O–H groups in total. The van der Waals surface area contributed by atoms with Gasteiger partial charge in [0.25, 0.3) is 5.69 Å². The molecule has 1 unspecified atom stereocenters. The van der Waals surface area contributed by atoms with Crippen LogP contribution in [-0.4, -0.2) is 30.8 Å². The maximum absolute atomic E-state index is 12.3. The molecule has 0 aliphatic rings. The van der Waals surface area contributed by atoms with Gasteiger partial charge in [0.05, 0.1) is 15.9 Å². The van der Waals surface area contributed by atoms with Crippen molar-refractivity contribution in [2.75, 3.05) is 5.32 Å². The van der Waals surface area contributed by atoms with Crippen LogP contribution in [0.25, 0.3) is 5.69 Å². The van der Waals surface area contributed by atoms with Gasteiger partial charge in [0, 0.05) is 17.8 Å². The van der Waals surface area contributed by atoms with E-state index < -0.39 is 10.2 Å². The summed E-state index contributed by atoms with van der Waals surface area (Å²) in [6, 6.07) is 15.3. The monoisotopic (exact) mass is 369 g/mol. The molecule has 1 aromatic heterocycles. The summed E-state index contributed by atoms with van der Waals surface area (Å²) in [5.41, 5.74) is 1.17. The number of hydrogen-bond acceptors (Lipinski definition) is 6. The number of rotatable bonds is 6. The van der Waals surface area contributed by atoms with E-state index in [-0.39, 0.29) is 11.6 Å². The van der Waals surface area contributed by atoms with Crippen molar-refractivity contribution in [3.05, 3.63) is 71.0 Å². The number of nitro benzene ring substituents is 1. The Morgan fingerprint density at radius 3 is 2.73 bits per heavy atom. The van der Waals surface area contributed by atoms with Gasteiger partial charge < -0.3 is 5.32 Å². The molecule has 2 aromatic carbocycles. The fraction of sp³-hybridized carbons (Fsp3) is 0.118. The van der Waals surface area contributed by atoms with Gasteiger partial charge in [0.15, 0.2) is 0 Å². The summed E-state index contributed by atoms with van der Waals surface area (Å²) in [5.74, 6) is -0.286. The van der Waals surface area contributed by atoms with E-state index in [4.69, 9.17) is 0 Å². The molecule has 1 atom stereocenters. The molecule has 9 heteroatoms. The van der Waals surface area contributed by atoms with Gasteiger partial charge in [-0.05, 0) is 25.1 Å². The van der Waals surface area contributed by atoms with Gasteiger partial charge in [-0.15, -0.1) is 5.10 Å². The molecule has 8 nitrogen and oxygen atoms in total. The average molecular weight is 369 g/mol. The number of carbonyl (C=O) groups excluding carboxylic acids is 1. The van der Waals surface area contributed by atoms with Crippen LogP contribution in [0.2, 0.25) is 0 Å². The summed E-state index contributed by atoms with van der Waals surface area (Å²) >= 11 is 1.21. The lowest BCUT2D eigenvalue weighted by molar-refractivity contribution is -0.384. The van der Waals surface area contributed by atoms with Crippen molar-refractivity contribution in [2.45, 2.75) is 17.3 Å². The Morgan fingerprint density at radius 2 is 2.00 bits per heavy atom. The molecule has 0 spiro atoms. The molecule has 1 heterocycles. The Balaban J connectivity index is 1.64. The summed E-state index contributed by atoms with van der Waals surface area (Å²) in [6.45, 7) is 1.72. The van der Waals surface area contributed by atoms with E-state index in [0.29, 0.717) is 10.8 Å². The number of carbonyl (C=O) groups is 1. The first-order chi connectivity index (χ1) is 12.5. The number of hydrogen-bond donors (Lipinski definition) is 1. The van der Waals surface area contributed by atoms with Gasteiger partial charge >= 0.3 is 0 Å². The Hall–Kier alpha value is -3.20. The van der Waals surface area contributed by atoms with E-state index in [1.165, 1.54) is 30.0 Å². The third-order valence-electron chi connectivity index (χ3n) is 3.47. The zero-order valence-electron chi connectivity index (χ0n) is 13.8. The molecule has 0 saturated carbocycles. The number of para-hydroxylation sites is 1. The highest BCUT2D eigenvalue weighted by molar-refractivity contribution is 8.00. The number of nitrogens with one attached hydrogen (secondary N) is 1. The molecule has 3 aromatic rings. The van der Waals surface area contributed by atoms with E-state index in [1.54, 1.807) is 24.0 Å². The zero-order valence-corrected chi connectivity index (χ0v) is 14.6. The fourth-order valence-corrected chi connectivity index (χ4v) is 2.89. The van der Waals surface area contributed by atoms with E-state index in [2.05, 4.69) is 15.4 Å². The summed E-state index contributed by atoms with van der Waals surface area (Å²) in [6.07, 6.45) is 1.59. The lowest BCUT2D eigenvalue weighted by Gasteiger charge is -2.10. The number of thioether (sulfide) groups is 1. The van der Waals surface area contributed by atoms with Crippen LogP contribution in [0.4, 0.5) is 11.4 Å². The van der Waals surface area contributed by atoms with Crippen molar-refractivity contribution in [1.82, 2.24) is 14.8 Å². The molecule has 1 amide bonds. The standard InChI is InChI=1S/C17H15N5O3S/c1-12(16(23)19-13-6-5-9-15(10-13)22(24)25)26-17-18-11-21(20-17)14-7-3-2-4-8-14/h2-12H,1H3,(H,19,23). The van der Waals surface area contributed by atoms with E-state index >= 15 is 0 Å². The van der Waals surface area contributed by atoms with Crippen LogP contribution in [0.3, 0.4) is 0 Å². The largest absolute Gasteiger partial charge is 0.325 e. The molecular formula is C17H15N5O3S. The van der Waals surface area contributed by atoms with Crippen molar-refractivity contribution < 1.29 is 9.72 Å². The molecule has 26 heavy (non-hydrogen) atoms. The van der Waals surface area contributed by atoms with Crippen LogP contribution in [0.5, 0.6) is 0 Å². The number of nitrogens with zero attached hydrogens (tertiary/aromatic N) is 4. The lowest BCUT2D eigenvalue weighted by Crippen LogP contribution is -2.22. The maximum atomic E-state index is 12.3. The molecule has 0 fully saturated rings. The predicted octanol–water partition coefficient (Wildman–Crippen LogP) is 3.29.